The minimum Gasteiger partial charge on any atom is -0.497 e. The molecule has 0 aromatic heterocycles. The van der Waals surface area contributed by atoms with Crippen LogP contribution >= 0.6 is 24.0 Å². The Morgan fingerprint density at radius 1 is 1.31 bits per heavy atom. The fourth-order valence-corrected chi connectivity index (χ4v) is 3.12. The van der Waals surface area contributed by atoms with Crippen LogP contribution in [0.1, 0.15) is 32.3 Å². The Kier molecular flexibility index (Phi) is 12.0. The summed E-state index contributed by atoms with van der Waals surface area (Å²) < 4.78 is 10.9. The van der Waals surface area contributed by atoms with Crippen molar-refractivity contribution < 1.29 is 14.3 Å². The number of benzene rings is 1. The summed E-state index contributed by atoms with van der Waals surface area (Å²) in [5, 5.41) is 6.73. The second kappa shape index (κ2) is 13.6. The quantitative estimate of drug-likeness (QED) is 0.228. The lowest BCUT2D eigenvalue weighted by Gasteiger charge is -2.20. The van der Waals surface area contributed by atoms with Crippen LogP contribution in [0, 0.1) is 5.92 Å². The lowest BCUT2D eigenvalue weighted by molar-refractivity contribution is -0.133. The monoisotopic (exact) mass is 518 g/mol. The SMILES string of the molecule is CN=C(NCCCOCc1ccc(OC)cc1)NC1CCN(C(=O)C(C)C)C1.I. The summed E-state index contributed by atoms with van der Waals surface area (Å²) in [4.78, 5) is 18.3. The first kappa shape index (κ1) is 25.5. The van der Waals surface area contributed by atoms with Crippen LogP contribution in [0.25, 0.3) is 0 Å². The average molecular weight is 518 g/mol. The van der Waals surface area contributed by atoms with Crippen molar-refractivity contribution >= 4 is 35.8 Å². The molecule has 1 heterocycles. The second-order valence-corrected chi connectivity index (χ2v) is 7.32. The molecule has 0 aliphatic carbocycles. The highest BCUT2D eigenvalue weighted by Gasteiger charge is 2.27. The van der Waals surface area contributed by atoms with Crippen LogP contribution in [0.5, 0.6) is 5.75 Å². The van der Waals surface area contributed by atoms with Gasteiger partial charge < -0.3 is 25.0 Å². The number of carbonyl (C=O) groups excluding carboxylic acids is 1. The predicted octanol–water partition coefficient (Wildman–Crippen LogP) is 2.64. The highest BCUT2D eigenvalue weighted by molar-refractivity contribution is 14.0. The number of halogens is 1. The summed E-state index contributed by atoms with van der Waals surface area (Å²) >= 11 is 0. The van der Waals surface area contributed by atoms with Crippen molar-refractivity contribution in [3.8, 4) is 5.75 Å². The topological polar surface area (TPSA) is 75.2 Å². The first-order valence-corrected chi connectivity index (χ1v) is 10.00. The summed E-state index contributed by atoms with van der Waals surface area (Å²) in [5.41, 5.74) is 1.13. The summed E-state index contributed by atoms with van der Waals surface area (Å²) in [6.45, 7) is 7.49. The van der Waals surface area contributed by atoms with Crippen LogP contribution in [0.2, 0.25) is 0 Å². The molecule has 0 radical (unpaired) electrons. The Morgan fingerprint density at radius 3 is 2.66 bits per heavy atom. The van der Waals surface area contributed by atoms with Crippen molar-refractivity contribution in [1.82, 2.24) is 15.5 Å². The van der Waals surface area contributed by atoms with Gasteiger partial charge in [0.25, 0.3) is 0 Å². The van der Waals surface area contributed by atoms with E-state index in [-0.39, 0.29) is 41.8 Å². The van der Waals surface area contributed by atoms with E-state index >= 15 is 0 Å². The fraction of sp³-hybridized carbons (Fsp3) is 0.619. The van der Waals surface area contributed by atoms with Gasteiger partial charge in [0.1, 0.15) is 5.75 Å². The van der Waals surface area contributed by atoms with E-state index in [2.05, 4.69) is 15.6 Å². The van der Waals surface area contributed by atoms with Gasteiger partial charge in [-0.25, -0.2) is 0 Å². The molecular weight excluding hydrogens is 483 g/mol. The van der Waals surface area contributed by atoms with Crippen molar-refractivity contribution in [2.45, 2.75) is 39.3 Å². The van der Waals surface area contributed by atoms with Gasteiger partial charge in [-0.05, 0) is 30.5 Å². The van der Waals surface area contributed by atoms with Crippen LogP contribution in [0.4, 0.5) is 0 Å². The maximum Gasteiger partial charge on any atom is 0.225 e. The first-order chi connectivity index (χ1) is 13.5. The Labute approximate surface area is 191 Å². The zero-order valence-electron chi connectivity index (χ0n) is 17.9. The zero-order valence-corrected chi connectivity index (χ0v) is 20.3. The maximum atomic E-state index is 12.1. The molecule has 29 heavy (non-hydrogen) atoms. The molecule has 0 bridgehead atoms. The Bertz CT molecular complexity index is 637. The van der Waals surface area contributed by atoms with Gasteiger partial charge >= 0.3 is 0 Å². The Balaban J connectivity index is 0.00000420. The third-order valence-electron chi connectivity index (χ3n) is 4.74. The van der Waals surface area contributed by atoms with Gasteiger partial charge in [-0.3, -0.25) is 9.79 Å². The molecule has 1 saturated heterocycles. The number of rotatable bonds is 9. The minimum absolute atomic E-state index is 0. The highest BCUT2D eigenvalue weighted by Crippen LogP contribution is 2.13. The molecule has 8 heteroatoms. The molecule has 1 fully saturated rings. The van der Waals surface area contributed by atoms with Crippen molar-refractivity contribution in [3.63, 3.8) is 0 Å². The van der Waals surface area contributed by atoms with Gasteiger partial charge in [0.05, 0.1) is 13.7 Å². The van der Waals surface area contributed by atoms with Gasteiger partial charge in [0, 0.05) is 45.2 Å². The van der Waals surface area contributed by atoms with Crippen molar-refractivity contribution in [1.29, 1.82) is 0 Å². The molecule has 1 atom stereocenters. The summed E-state index contributed by atoms with van der Waals surface area (Å²) in [5.74, 6) is 1.90. The van der Waals surface area contributed by atoms with E-state index in [0.717, 1.165) is 49.7 Å². The third-order valence-corrected chi connectivity index (χ3v) is 4.74. The van der Waals surface area contributed by atoms with Gasteiger partial charge in [-0.2, -0.15) is 0 Å². The standard InChI is InChI=1S/C21H34N4O3.HI/c1-16(2)20(26)25-12-10-18(14-25)24-21(22-3)23-11-5-13-28-15-17-6-8-19(27-4)9-7-17;/h6-9,16,18H,5,10-15H2,1-4H3,(H2,22,23,24);1H. The Hall–Kier alpha value is -1.55. The number of nitrogens with one attached hydrogen (secondary N) is 2. The number of ether oxygens (including phenoxy) is 2. The van der Waals surface area contributed by atoms with E-state index < -0.39 is 0 Å². The molecule has 2 rings (SSSR count). The molecule has 0 spiro atoms. The van der Waals surface area contributed by atoms with E-state index in [9.17, 15) is 4.79 Å². The largest absolute Gasteiger partial charge is 0.497 e. The van der Waals surface area contributed by atoms with E-state index in [4.69, 9.17) is 9.47 Å². The van der Waals surface area contributed by atoms with Crippen LogP contribution < -0.4 is 15.4 Å². The van der Waals surface area contributed by atoms with Gasteiger partial charge in [0.2, 0.25) is 5.91 Å². The van der Waals surface area contributed by atoms with Crippen molar-refractivity contribution in [3.05, 3.63) is 29.8 Å². The first-order valence-electron chi connectivity index (χ1n) is 10.00. The third kappa shape index (κ3) is 8.77. The molecule has 1 aliphatic rings. The lowest BCUT2D eigenvalue weighted by Crippen LogP contribution is -2.45. The van der Waals surface area contributed by atoms with Crippen LogP contribution in [-0.4, -0.2) is 63.2 Å². The lowest BCUT2D eigenvalue weighted by atomic mass is 10.2. The molecule has 1 unspecified atom stereocenters. The number of likely N-dealkylation sites (tertiary alicyclic amines) is 1. The fourth-order valence-electron chi connectivity index (χ4n) is 3.12. The van der Waals surface area contributed by atoms with Crippen LogP contribution in [0.15, 0.2) is 29.3 Å². The molecule has 7 nitrogen and oxygen atoms in total. The van der Waals surface area contributed by atoms with E-state index in [1.54, 1.807) is 14.2 Å². The molecule has 0 saturated carbocycles. The molecule has 1 aliphatic heterocycles. The number of hydrogen-bond acceptors (Lipinski definition) is 4. The Morgan fingerprint density at radius 2 is 2.03 bits per heavy atom. The molecule has 1 aromatic rings. The number of methoxy groups -OCH3 is 1. The van der Waals surface area contributed by atoms with Crippen molar-refractivity contribution in [2.24, 2.45) is 10.9 Å². The molecular formula is C21H35IN4O3. The maximum absolute atomic E-state index is 12.1. The zero-order chi connectivity index (χ0) is 20.4. The van der Waals surface area contributed by atoms with Gasteiger partial charge in [0.15, 0.2) is 5.96 Å². The highest BCUT2D eigenvalue weighted by atomic mass is 127. The summed E-state index contributed by atoms with van der Waals surface area (Å²) in [7, 11) is 3.43. The van der Waals surface area contributed by atoms with Gasteiger partial charge in [-0.15, -0.1) is 24.0 Å². The molecule has 1 aromatic carbocycles. The molecule has 2 N–H and O–H groups in total. The van der Waals surface area contributed by atoms with Crippen LogP contribution in [-0.2, 0) is 16.1 Å². The van der Waals surface area contributed by atoms with E-state index in [1.165, 1.54) is 0 Å². The minimum atomic E-state index is 0. The van der Waals surface area contributed by atoms with Gasteiger partial charge in [-0.1, -0.05) is 26.0 Å². The second-order valence-electron chi connectivity index (χ2n) is 7.32. The predicted molar refractivity (Wildman–Crippen MR) is 127 cm³/mol. The molecule has 164 valence electrons. The number of guanidine groups is 1. The summed E-state index contributed by atoms with van der Waals surface area (Å²) in [6, 6.07) is 8.15. The molecule has 1 amide bonds. The normalized spacial score (nSPS) is 16.5. The van der Waals surface area contributed by atoms with Crippen LogP contribution in [0.3, 0.4) is 0 Å². The summed E-state index contributed by atoms with van der Waals surface area (Å²) in [6.07, 6.45) is 1.84. The number of nitrogens with zero attached hydrogens (tertiary/aromatic N) is 2. The number of amides is 1. The van der Waals surface area contributed by atoms with E-state index in [0.29, 0.717) is 13.2 Å². The van der Waals surface area contributed by atoms with E-state index in [1.807, 2.05) is 43.0 Å². The number of hydrogen-bond donors (Lipinski definition) is 2. The smallest absolute Gasteiger partial charge is 0.225 e. The average Bonchev–Trinajstić information content (AvgIpc) is 3.17. The number of carbonyl (C=O) groups is 1. The van der Waals surface area contributed by atoms with Crippen molar-refractivity contribution in [2.75, 3.05) is 40.4 Å². The number of aliphatic imine (C=N–C) groups is 1.